The zero-order valence-corrected chi connectivity index (χ0v) is 18.4. The fourth-order valence-electron chi connectivity index (χ4n) is 3.07. The van der Waals surface area contributed by atoms with Gasteiger partial charge < -0.3 is 5.32 Å². The van der Waals surface area contributed by atoms with Crippen molar-refractivity contribution in [3.05, 3.63) is 107 Å². The topological polar surface area (TPSA) is 12.0 Å². The van der Waals surface area contributed by atoms with Gasteiger partial charge in [-0.05, 0) is 62.3 Å². The summed E-state index contributed by atoms with van der Waals surface area (Å²) in [4.78, 5) is 0. The first-order valence-corrected chi connectivity index (χ1v) is 10.2. The van der Waals surface area contributed by atoms with Gasteiger partial charge in [0.05, 0.1) is 25.1 Å². The summed E-state index contributed by atoms with van der Waals surface area (Å²) in [6.07, 6.45) is 0. The molecule has 30 heavy (non-hydrogen) atoms. The van der Waals surface area contributed by atoms with Crippen LogP contribution in [0.3, 0.4) is 0 Å². The molecule has 0 aliphatic carbocycles. The van der Waals surface area contributed by atoms with Crippen molar-refractivity contribution in [1.29, 1.82) is 0 Å². The summed E-state index contributed by atoms with van der Waals surface area (Å²) in [7, 11) is 0. The maximum Gasteiger partial charge on any atom is 0.0629 e. The summed E-state index contributed by atoms with van der Waals surface area (Å²) in [6, 6.07) is 5.85. The van der Waals surface area contributed by atoms with Gasteiger partial charge in [-0.1, -0.05) is 93.3 Å². The summed E-state index contributed by atoms with van der Waals surface area (Å²) >= 11 is 3.50. The lowest BCUT2D eigenvalue weighted by atomic mass is 9.82. The molecular weight excluding hydrogens is 430 g/mol. The van der Waals surface area contributed by atoms with Gasteiger partial charge in [-0.3, -0.25) is 0 Å². The second-order valence-corrected chi connectivity index (χ2v) is 8.66. The van der Waals surface area contributed by atoms with Crippen LogP contribution in [0.1, 0.15) is 40.0 Å². The highest BCUT2D eigenvalue weighted by atomic mass is 79.9. The van der Waals surface area contributed by atoms with Crippen LogP contribution in [0.25, 0.3) is 22.3 Å². The summed E-state index contributed by atoms with van der Waals surface area (Å²) in [5.41, 5.74) is 1.29. The average Bonchev–Trinajstić information content (AvgIpc) is 2.90. The molecule has 2 heteroatoms. The van der Waals surface area contributed by atoms with Crippen molar-refractivity contribution < 1.29 is 13.7 Å². The lowest BCUT2D eigenvalue weighted by Crippen LogP contribution is -2.12. The third-order valence-electron chi connectivity index (χ3n) is 4.68. The average molecular weight is 466 g/mol. The first kappa shape index (κ1) is 11.5. The van der Waals surface area contributed by atoms with E-state index in [1.165, 1.54) is 0 Å². The van der Waals surface area contributed by atoms with Crippen molar-refractivity contribution in [3.8, 4) is 22.3 Å². The minimum atomic E-state index is -0.531. The molecule has 0 saturated heterocycles. The first-order chi connectivity index (χ1) is 18.6. The van der Waals surface area contributed by atoms with Crippen LogP contribution in [0.2, 0.25) is 0 Å². The third-order valence-corrected chi connectivity index (χ3v) is 5.37. The summed E-state index contributed by atoms with van der Waals surface area (Å²) in [5.74, 6) is 0. The SMILES string of the molecule is [2H]c1c([2H])c([2H])c(-c2cc(C(C)(C)C)cc(-c3c([2H])c([2H])c([2H])c([2H])c3[2H])c2Nc2ccccc2Br)c([2H])c1[2H]. The number of halogens is 1. The van der Waals surface area contributed by atoms with Crippen molar-refractivity contribution in [2.45, 2.75) is 26.2 Å². The van der Waals surface area contributed by atoms with Crippen LogP contribution in [0, 0.1) is 0 Å². The van der Waals surface area contributed by atoms with Crippen LogP contribution >= 0.6 is 15.9 Å². The van der Waals surface area contributed by atoms with Gasteiger partial charge in [-0.15, -0.1) is 0 Å². The molecule has 0 unspecified atom stereocenters. The highest BCUT2D eigenvalue weighted by Crippen LogP contribution is 2.43. The van der Waals surface area contributed by atoms with Crippen molar-refractivity contribution in [3.63, 3.8) is 0 Å². The van der Waals surface area contributed by atoms with E-state index in [1.807, 2.05) is 26.8 Å². The molecule has 1 N–H and O–H groups in total. The number of hydrogen-bond acceptors (Lipinski definition) is 1. The Bertz CT molecular complexity index is 1530. The fraction of sp³-hybridized carbons (Fsp3) is 0.143. The van der Waals surface area contributed by atoms with Crippen LogP contribution in [-0.2, 0) is 5.41 Å². The molecular formula is C28H26BrN. The minimum absolute atomic E-state index is 0.0692. The Hall–Kier alpha value is -2.84. The monoisotopic (exact) mass is 465 g/mol. The smallest absolute Gasteiger partial charge is 0.0629 e. The highest BCUT2D eigenvalue weighted by molar-refractivity contribution is 9.10. The molecule has 150 valence electrons. The predicted octanol–water partition coefficient (Wildman–Crippen LogP) is 8.82. The Labute approximate surface area is 202 Å². The van der Waals surface area contributed by atoms with Gasteiger partial charge in [0, 0.05) is 15.6 Å². The van der Waals surface area contributed by atoms with Gasteiger partial charge in [-0.25, -0.2) is 0 Å². The summed E-state index contributed by atoms with van der Waals surface area (Å²) < 4.78 is 84.8. The van der Waals surface area contributed by atoms with E-state index in [1.54, 1.807) is 30.3 Å². The van der Waals surface area contributed by atoms with E-state index in [9.17, 15) is 0 Å². The molecule has 0 bridgehead atoms. The zero-order chi connectivity index (χ0) is 29.8. The van der Waals surface area contributed by atoms with Crippen LogP contribution < -0.4 is 5.32 Å². The van der Waals surface area contributed by atoms with Gasteiger partial charge in [0.2, 0.25) is 0 Å². The molecule has 0 amide bonds. The quantitative estimate of drug-likeness (QED) is 0.317. The lowest BCUT2D eigenvalue weighted by molar-refractivity contribution is 0.591. The number of benzene rings is 4. The van der Waals surface area contributed by atoms with Gasteiger partial charge in [0.1, 0.15) is 0 Å². The third kappa shape index (κ3) is 4.34. The number of nitrogens with one attached hydrogen (secondary N) is 1. The Kier molecular flexibility index (Phi) is 3.26. The Morgan fingerprint density at radius 1 is 0.767 bits per heavy atom. The van der Waals surface area contributed by atoms with Crippen LogP contribution in [-0.4, -0.2) is 0 Å². The standard InChI is InChI=1S/C28H26BrN/c1-28(2,3)22-18-23(20-12-6-4-7-13-20)27(30-26-17-11-10-16-25(26)29)24(19-22)21-14-8-5-9-15-21/h4-19,30H,1-3H3/i4D,5D,6D,7D,8D,9D,12D,13D,14D,15D. The normalized spacial score (nSPS) is 16.0. The summed E-state index contributed by atoms with van der Waals surface area (Å²) in [5, 5.41) is 3.28. The van der Waals surface area contributed by atoms with Gasteiger partial charge in [0.15, 0.2) is 0 Å². The molecule has 0 aromatic heterocycles. The lowest BCUT2D eigenvalue weighted by Gasteiger charge is -2.25. The zero-order valence-electron chi connectivity index (χ0n) is 26.8. The summed E-state index contributed by atoms with van der Waals surface area (Å²) in [6.45, 7) is 5.79. The largest absolute Gasteiger partial charge is 0.354 e. The maximum atomic E-state index is 8.71. The highest BCUT2D eigenvalue weighted by Gasteiger charge is 2.21. The molecule has 0 heterocycles. The molecule has 0 aliphatic rings. The van der Waals surface area contributed by atoms with E-state index in [-0.39, 0.29) is 27.9 Å². The second-order valence-electron chi connectivity index (χ2n) is 7.80. The van der Waals surface area contributed by atoms with E-state index in [4.69, 9.17) is 13.7 Å². The molecule has 0 atom stereocenters. The first-order valence-electron chi connectivity index (χ1n) is 14.4. The van der Waals surface area contributed by atoms with Gasteiger partial charge in [-0.2, -0.15) is 0 Å². The van der Waals surface area contributed by atoms with E-state index in [2.05, 4.69) is 21.2 Å². The van der Waals surface area contributed by atoms with Gasteiger partial charge in [0.25, 0.3) is 0 Å². The molecule has 0 radical (unpaired) electrons. The fourth-order valence-corrected chi connectivity index (χ4v) is 3.45. The molecule has 4 rings (SSSR count). The number of anilines is 2. The van der Waals surface area contributed by atoms with Gasteiger partial charge >= 0.3 is 0 Å². The minimum Gasteiger partial charge on any atom is -0.354 e. The molecule has 0 spiro atoms. The van der Waals surface area contributed by atoms with Crippen LogP contribution in [0.4, 0.5) is 11.4 Å². The number of rotatable bonds is 4. The Morgan fingerprint density at radius 2 is 1.27 bits per heavy atom. The molecule has 1 nitrogen and oxygen atoms in total. The van der Waals surface area contributed by atoms with E-state index in [0.29, 0.717) is 15.7 Å². The van der Waals surface area contributed by atoms with E-state index >= 15 is 0 Å². The van der Waals surface area contributed by atoms with Crippen LogP contribution in [0.5, 0.6) is 0 Å². The van der Waals surface area contributed by atoms with Crippen molar-refractivity contribution in [1.82, 2.24) is 0 Å². The Morgan fingerprint density at radius 3 is 1.73 bits per heavy atom. The molecule has 0 fully saturated rings. The molecule has 4 aromatic rings. The van der Waals surface area contributed by atoms with Crippen molar-refractivity contribution in [2.24, 2.45) is 0 Å². The van der Waals surface area contributed by atoms with E-state index < -0.39 is 65.8 Å². The molecule has 4 aromatic carbocycles. The van der Waals surface area contributed by atoms with Crippen molar-refractivity contribution >= 4 is 27.3 Å². The number of para-hydroxylation sites is 1. The van der Waals surface area contributed by atoms with Crippen LogP contribution in [0.15, 0.2) is 101 Å². The Balaban J connectivity index is 2.28. The number of hydrogen-bond donors (Lipinski definition) is 1. The maximum absolute atomic E-state index is 8.71. The van der Waals surface area contributed by atoms with Crippen molar-refractivity contribution in [2.75, 3.05) is 5.32 Å². The molecule has 0 saturated carbocycles. The van der Waals surface area contributed by atoms with E-state index in [0.717, 1.165) is 0 Å². The predicted molar refractivity (Wildman–Crippen MR) is 133 cm³/mol. The second kappa shape index (κ2) is 8.49. The molecule has 0 aliphatic heterocycles.